The van der Waals surface area contributed by atoms with Gasteiger partial charge >= 0.3 is 17.9 Å². The molecule has 0 spiro atoms. The molecule has 0 aliphatic rings. The van der Waals surface area contributed by atoms with Gasteiger partial charge in [0.25, 0.3) is 0 Å². The Labute approximate surface area is 245 Å². The molecule has 3 aromatic carbocycles. The van der Waals surface area contributed by atoms with Crippen LogP contribution < -0.4 is 0 Å². The number of fused-ring (bicyclic) bond motifs is 1. The molecule has 0 N–H and O–H groups in total. The lowest BCUT2D eigenvalue weighted by Crippen LogP contribution is -2.43. The van der Waals surface area contributed by atoms with Crippen LogP contribution in [0.4, 0.5) is 0 Å². The van der Waals surface area contributed by atoms with E-state index in [-0.39, 0.29) is 50.6 Å². The SMILES string of the molecule is CC(=O)OCCN(CCOC(C)=O)C(=O)C(CCC(=O)OCc1ccccc1)CS(=O)(=O)c1ccc2ccccc2c1. The molecule has 0 aliphatic carbocycles. The second-order valence-corrected chi connectivity index (χ2v) is 11.7. The molecule has 0 aromatic heterocycles. The van der Waals surface area contributed by atoms with Crippen LogP contribution >= 0.6 is 0 Å². The first-order chi connectivity index (χ1) is 20.0. The van der Waals surface area contributed by atoms with Crippen molar-refractivity contribution in [3.05, 3.63) is 78.4 Å². The van der Waals surface area contributed by atoms with Gasteiger partial charge in [0.15, 0.2) is 9.84 Å². The number of hydrogen-bond donors (Lipinski definition) is 0. The highest BCUT2D eigenvalue weighted by Gasteiger charge is 2.31. The number of rotatable bonds is 15. The number of carbonyl (C=O) groups is 4. The first-order valence-electron chi connectivity index (χ1n) is 13.5. The van der Waals surface area contributed by atoms with E-state index in [4.69, 9.17) is 14.2 Å². The van der Waals surface area contributed by atoms with E-state index < -0.39 is 45.3 Å². The molecule has 0 heterocycles. The van der Waals surface area contributed by atoms with Gasteiger partial charge in [-0.15, -0.1) is 0 Å². The molecular formula is C31H35NO9S. The molecule has 3 aromatic rings. The van der Waals surface area contributed by atoms with E-state index in [1.54, 1.807) is 36.4 Å². The predicted molar refractivity (Wildman–Crippen MR) is 155 cm³/mol. The molecule has 0 fully saturated rings. The third-order valence-electron chi connectivity index (χ3n) is 6.43. The second kappa shape index (κ2) is 15.7. The van der Waals surface area contributed by atoms with Gasteiger partial charge in [-0.3, -0.25) is 19.2 Å². The van der Waals surface area contributed by atoms with E-state index in [0.29, 0.717) is 0 Å². The summed E-state index contributed by atoms with van der Waals surface area (Å²) in [5.74, 6) is -3.92. The topological polar surface area (TPSA) is 133 Å². The van der Waals surface area contributed by atoms with Crippen molar-refractivity contribution in [2.24, 2.45) is 5.92 Å². The Morgan fingerprint density at radius 3 is 1.98 bits per heavy atom. The zero-order valence-electron chi connectivity index (χ0n) is 23.7. The van der Waals surface area contributed by atoms with Crippen molar-refractivity contribution in [1.29, 1.82) is 0 Å². The average Bonchev–Trinajstić information content (AvgIpc) is 2.97. The van der Waals surface area contributed by atoms with E-state index in [9.17, 15) is 27.6 Å². The molecule has 11 heteroatoms. The Hall–Kier alpha value is -4.25. The Morgan fingerprint density at radius 1 is 0.762 bits per heavy atom. The normalized spacial score (nSPS) is 11.9. The number of nitrogens with zero attached hydrogens (tertiary/aromatic N) is 1. The summed E-state index contributed by atoms with van der Waals surface area (Å²) < 4.78 is 42.4. The van der Waals surface area contributed by atoms with Gasteiger partial charge in [-0.05, 0) is 34.9 Å². The predicted octanol–water partition coefficient (Wildman–Crippen LogP) is 3.71. The minimum absolute atomic E-state index is 0.0462. The molecule has 0 saturated carbocycles. The van der Waals surface area contributed by atoms with Gasteiger partial charge in [0.1, 0.15) is 19.8 Å². The quantitative estimate of drug-likeness (QED) is 0.190. The van der Waals surface area contributed by atoms with E-state index in [1.807, 2.05) is 30.3 Å². The van der Waals surface area contributed by atoms with Crippen molar-refractivity contribution in [2.75, 3.05) is 32.1 Å². The Morgan fingerprint density at radius 2 is 1.36 bits per heavy atom. The summed E-state index contributed by atoms with van der Waals surface area (Å²) in [7, 11) is -3.97. The van der Waals surface area contributed by atoms with Gasteiger partial charge in [0.2, 0.25) is 5.91 Å². The zero-order chi connectivity index (χ0) is 30.5. The van der Waals surface area contributed by atoms with Crippen LogP contribution in [-0.4, -0.2) is 69.2 Å². The lowest BCUT2D eigenvalue weighted by Gasteiger charge is -2.27. The van der Waals surface area contributed by atoms with Crippen molar-refractivity contribution in [1.82, 2.24) is 4.90 Å². The smallest absolute Gasteiger partial charge is 0.306 e. The monoisotopic (exact) mass is 597 g/mol. The van der Waals surface area contributed by atoms with Crippen LogP contribution in [0.5, 0.6) is 0 Å². The summed E-state index contributed by atoms with van der Waals surface area (Å²) in [6, 6.07) is 21.1. The molecule has 1 unspecified atom stereocenters. The highest BCUT2D eigenvalue weighted by molar-refractivity contribution is 7.91. The van der Waals surface area contributed by atoms with Crippen LogP contribution in [0.2, 0.25) is 0 Å². The number of sulfone groups is 1. The second-order valence-electron chi connectivity index (χ2n) is 9.68. The molecule has 0 bridgehead atoms. The van der Waals surface area contributed by atoms with Crippen LogP contribution in [0.3, 0.4) is 0 Å². The summed E-state index contributed by atoms with van der Waals surface area (Å²) in [5.41, 5.74) is 0.791. The summed E-state index contributed by atoms with van der Waals surface area (Å²) in [6.45, 7) is 2.13. The molecule has 1 amide bonds. The minimum atomic E-state index is -3.97. The number of carbonyl (C=O) groups excluding carboxylic acids is 4. The zero-order valence-corrected chi connectivity index (χ0v) is 24.5. The van der Waals surface area contributed by atoms with E-state index >= 15 is 0 Å². The highest BCUT2D eigenvalue weighted by atomic mass is 32.2. The molecule has 42 heavy (non-hydrogen) atoms. The number of amides is 1. The fourth-order valence-corrected chi connectivity index (χ4v) is 5.91. The number of ether oxygens (including phenoxy) is 3. The van der Waals surface area contributed by atoms with Gasteiger partial charge in [-0.2, -0.15) is 0 Å². The van der Waals surface area contributed by atoms with Gasteiger partial charge in [0.05, 0.1) is 29.7 Å². The van der Waals surface area contributed by atoms with E-state index in [0.717, 1.165) is 16.3 Å². The summed E-state index contributed by atoms with van der Waals surface area (Å²) >= 11 is 0. The number of hydrogen-bond acceptors (Lipinski definition) is 9. The van der Waals surface area contributed by atoms with Gasteiger partial charge in [-0.25, -0.2) is 8.42 Å². The number of benzene rings is 3. The van der Waals surface area contributed by atoms with Crippen molar-refractivity contribution < 1.29 is 41.8 Å². The van der Waals surface area contributed by atoms with E-state index in [2.05, 4.69) is 0 Å². The summed E-state index contributed by atoms with van der Waals surface area (Å²) in [5, 5.41) is 1.60. The van der Waals surface area contributed by atoms with Crippen LogP contribution in [0.15, 0.2) is 77.7 Å². The van der Waals surface area contributed by atoms with Crippen molar-refractivity contribution >= 4 is 44.4 Å². The minimum Gasteiger partial charge on any atom is -0.464 e. The summed E-state index contributed by atoms with van der Waals surface area (Å²) in [6.07, 6.45) is -0.297. The Kier molecular flexibility index (Phi) is 12.0. The molecule has 0 radical (unpaired) electrons. The van der Waals surface area contributed by atoms with Crippen LogP contribution in [0.25, 0.3) is 10.8 Å². The van der Waals surface area contributed by atoms with Crippen LogP contribution in [0, 0.1) is 5.92 Å². The Bertz CT molecular complexity index is 1470. The standard InChI is InChI=1S/C31H35NO9S/c1-23(33)39-18-16-32(17-19-40-24(2)34)31(36)28(13-15-30(35)41-21-25-8-4-3-5-9-25)22-42(37,38)29-14-12-26-10-6-7-11-27(26)20-29/h3-12,14,20,28H,13,15-19,21-22H2,1-2H3. The molecule has 0 aliphatic heterocycles. The lowest BCUT2D eigenvalue weighted by atomic mass is 10.0. The molecule has 10 nitrogen and oxygen atoms in total. The lowest BCUT2D eigenvalue weighted by molar-refractivity contribution is -0.148. The first-order valence-corrected chi connectivity index (χ1v) is 15.2. The number of esters is 3. The molecular weight excluding hydrogens is 562 g/mol. The van der Waals surface area contributed by atoms with Crippen LogP contribution in [-0.2, 0) is 49.8 Å². The molecule has 0 saturated heterocycles. The van der Waals surface area contributed by atoms with Crippen molar-refractivity contribution in [2.45, 2.75) is 38.2 Å². The maximum absolute atomic E-state index is 13.7. The third kappa shape index (κ3) is 10.3. The maximum Gasteiger partial charge on any atom is 0.306 e. The Balaban J connectivity index is 1.81. The first kappa shape index (κ1) is 32.3. The van der Waals surface area contributed by atoms with E-state index in [1.165, 1.54) is 24.8 Å². The van der Waals surface area contributed by atoms with Gasteiger partial charge in [-0.1, -0.05) is 60.7 Å². The van der Waals surface area contributed by atoms with Gasteiger partial charge in [0, 0.05) is 20.3 Å². The van der Waals surface area contributed by atoms with Gasteiger partial charge < -0.3 is 19.1 Å². The maximum atomic E-state index is 13.7. The third-order valence-corrected chi connectivity index (χ3v) is 8.25. The van der Waals surface area contributed by atoms with Crippen molar-refractivity contribution in [3.63, 3.8) is 0 Å². The fraction of sp³-hybridized carbons (Fsp3) is 0.355. The molecule has 3 rings (SSSR count). The highest BCUT2D eigenvalue weighted by Crippen LogP contribution is 2.24. The summed E-state index contributed by atoms with van der Waals surface area (Å²) in [4.78, 5) is 50.2. The fourth-order valence-electron chi connectivity index (χ4n) is 4.29. The van der Waals surface area contributed by atoms with Crippen molar-refractivity contribution in [3.8, 4) is 0 Å². The average molecular weight is 598 g/mol. The largest absolute Gasteiger partial charge is 0.464 e. The molecule has 224 valence electrons. The van der Waals surface area contributed by atoms with Crippen LogP contribution in [0.1, 0.15) is 32.3 Å². The molecule has 1 atom stereocenters.